The topological polar surface area (TPSA) is 39.5 Å². The summed E-state index contributed by atoms with van der Waals surface area (Å²) < 4.78 is 14.0. The first kappa shape index (κ1) is 22.9. The molecule has 0 saturated carbocycles. The van der Waals surface area contributed by atoms with E-state index in [0.29, 0.717) is 19.8 Å². The SMILES string of the molecule is Cc1c(Cc2ccccc2)c2c(N3CCc4ccccc4C3)nccc2n1CC1OCCO1.Cl. The molecular weight excluding hydrogens is 446 g/mol. The van der Waals surface area contributed by atoms with Crippen molar-refractivity contribution in [3.8, 4) is 0 Å². The number of hydrogen-bond donors (Lipinski definition) is 0. The molecule has 0 spiro atoms. The molecule has 0 unspecified atom stereocenters. The molecule has 2 aromatic heterocycles. The van der Waals surface area contributed by atoms with Crippen LogP contribution in [-0.2, 0) is 35.4 Å². The molecule has 176 valence electrons. The van der Waals surface area contributed by atoms with Crippen molar-refractivity contribution >= 4 is 29.1 Å². The van der Waals surface area contributed by atoms with Gasteiger partial charge >= 0.3 is 0 Å². The third-order valence-electron chi connectivity index (χ3n) is 7.02. The van der Waals surface area contributed by atoms with E-state index in [9.17, 15) is 0 Å². The third-order valence-corrected chi connectivity index (χ3v) is 7.02. The Labute approximate surface area is 206 Å². The lowest BCUT2D eigenvalue weighted by molar-refractivity contribution is -0.0520. The zero-order valence-electron chi connectivity index (χ0n) is 19.4. The van der Waals surface area contributed by atoms with E-state index in [4.69, 9.17) is 14.5 Å². The third kappa shape index (κ3) is 4.20. The van der Waals surface area contributed by atoms with Crippen LogP contribution < -0.4 is 4.90 Å². The maximum Gasteiger partial charge on any atom is 0.175 e. The minimum atomic E-state index is -0.192. The van der Waals surface area contributed by atoms with E-state index in [0.717, 1.165) is 31.7 Å². The number of anilines is 1. The van der Waals surface area contributed by atoms with Crippen molar-refractivity contribution in [2.45, 2.75) is 39.1 Å². The maximum absolute atomic E-state index is 5.80. The van der Waals surface area contributed by atoms with Crippen molar-refractivity contribution in [3.63, 3.8) is 0 Å². The average Bonchev–Trinajstić information content (AvgIpc) is 3.47. The molecule has 1 fully saturated rings. The quantitative estimate of drug-likeness (QED) is 0.393. The predicted octanol–water partition coefficient (Wildman–Crippen LogP) is 5.29. The van der Waals surface area contributed by atoms with Gasteiger partial charge in [0.1, 0.15) is 5.82 Å². The normalized spacial score (nSPS) is 16.0. The number of fused-ring (bicyclic) bond motifs is 2. The second-order valence-electron chi connectivity index (χ2n) is 8.98. The predicted molar refractivity (Wildman–Crippen MR) is 138 cm³/mol. The zero-order chi connectivity index (χ0) is 22.2. The summed E-state index contributed by atoms with van der Waals surface area (Å²) >= 11 is 0. The fraction of sp³-hybridized carbons (Fsp3) is 0.321. The van der Waals surface area contributed by atoms with Crippen LogP contribution in [0.5, 0.6) is 0 Å². The Balaban J connectivity index is 0.00000241. The van der Waals surface area contributed by atoms with E-state index in [1.807, 2.05) is 6.20 Å². The van der Waals surface area contributed by atoms with Gasteiger partial charge in [0.15, 0.2) is 6.29 Å². The van der Waals surface area contributed by atoms with Crippen LogP contribution in [0.4, 0.5) is 5.82 Å². The van der Waals surface area contributed by atoms with Gasteiger partial charge in [-0.15, -0.1) is 12.4 Å². The maximum atomic E-state index is 5.80. The standard InChI is InChI=1S/C28H29N3O2.ClH/c1-20-24(17-21-7-3-2-4-8-21)27-25(31(20)19-26-32-15-16-33-26)11-13-29-28(27)30-14-12-22-9-5-6-10-23(22)18-30;/h2-11,13,26H,12,14-19H2,1H3;1H. The van der Waals surface area contributed by atoms with Crippen LogP contribution in [0.3, 0.4) is 0 Å². The molecule has 5 nitrogen and oxygen atoms in total. The summed E-state index contributed by atoms with van der Waals surface area (Å²) in [6.07, 6.45) is 3.69. The van der Waals surface area contributed by atoms with E-state index in [2.05, 4.69) is 77.1 Å². The Morgan fingerprint density at radius 1 is 0.941 bits per heavy atom. The summed E-state index contributed by atoms with van der Waals surface area (Å²) in [6, 6.07) is 21.6. The van der Waals surface area contributed by atoms with E-state index >= 15 is 0 Å². The lowest BCUT2D eigenvalue weighted by atomic mass is 9.98. The second kappa shape index (κ2) is 9.79. The molecular formula is C28H30ClN3O2. The fourth-order valence-corrected chi connectivity index (χ4v) is 5.31. The van der Waals surface area contributed by atoms with Crippen LogP contribution in [0.25, 0.3) is 10.9 Å². The summed E-state index contributed by atoms with van der Waals surface area (Å²) in [5.74, 6) is 1.09. The smallest absolute Gasteiger partial charge is 0.175 e. The monoisotopic (exact) mass is 475 g/mol. The molecule has 34 heavy (non-hydrogen) atoms. The molecule has 4 aromatic rings. The van der Waals surface area contributed by atoms with Gasteiger partial charge in [0, 0.05) is 30.4 Å². The minimum Gasteiger partial charge on any atom is -0.351 e. The Morgan fingerprint density at radius 2 is 1.68 bits per heavy atom. The molecule has 0 bridgehead atoms. The first-order valence-corrected chi connectivity index (χ1v) is 11.8. The van der Waals surface area contributed by atoms with E-state index in [1.54, 1.807) is 0 Å². The summed E-state index contributed by atoms with van der Waals surface area (Å²) in [6.45, 7) is 6.13. The van der Waals surface area contributed by atoms with Crippen molar-refractivity contribution in [2.24, 2.45) is 0 Å². The highest BCUT2D eigenvalue weighted by molar-refractivity contribution is 5.95. The summed E-state index contributed by atoms with van der Waals surface area (Å²) in [5.41, 5.74) is 7.98. The van der Waals surface area contributed by atoms with Gasteiger partial charge in [0.05, 0.1) is 25.3 Å². The number of rotatable bonds is 5. The fourth-order valence-electron chi connectivity index (χ4n) is 5.31. The highest BCUT2D eigenvalue weighted by Crippen LogP contribution is 2.36. The molecule has 0 atom stereocenters. The van der Waals surface area contributed by atoms with Crippen molar-refractivity contribution in [1.82, 2.24) is 9.55 Å². The Kier molecular flexibility index (Phi) is 6.59. The molecule has 2 aliphatic heterocycles. The largest absolute Gasteiger partial charge is 0.351 e. The highest BCUT2D eigenvalue weighted by atomic mass is 35.5. The van der Waals surface area contributed by atoms with Gasteiger partial charge in [0.2, 0.25) is 0 Å². The molecule has 0 aliphatic carbocycles. The van der Waals surface area contributed by atoms with Gasteiger partial charge in [0.25, 0.3) is 0 Å². The van der Waals surface area contributed by atoms with E-state index in [-0.39, 0.29) is 18.7 Å². The minimum absolute atomic E-state index is 0. The molecule has 0 amide bonds. The molecule has 0 radical (unpaired) electrons. The number of aromatic nitrogens is 2. The molecule has 0 N–H and O–H groups in total. The number of ether oxygens (including phenoxy) is 2. The lowest BCUT2D eigenvalue weighted by Crippen LogP contribution is -2.31. The van der Waals surface area contributed by atoms with Crippen molar-refractivity contribution in [3.05, 3.63) is 94.8 Å². The molecule has 1 saturated heterocycles. The second-order valence-corrected chi connectivity index (χ2v) is 8.98. The summed E-state index contributed by atoms with van der Waals surface area (Å²) in [7, 11) is 0. The first-order valence-electron chi connectivity index (χ1n) is 11.8. The van der Waals surface area contributed by atoms with Crippen LogP contribution in [-0.4, -0.2) is 35.6 Å². The molecule has 2 aromatic carbocycles. The van der Waals surface area contributed by atoms with Gasteiger partial charge in [-0.05, 0) is 48.1 Å². The van der Waals surface area contributed by atoms with Crippen LogP contribution in [0.2, 0.25) is 0 Å². The van der Waals surface area contributed by atoms with Crippen LogP contribution >= 0.6 is 12.4 Å². The van der Waals surface area contributed by atoms with Gasteiger partial charge in [-0.2, -0.15) is 0 Å². The van der Waals surface area contributed by atoms with Crippen molar-refractivity contribution < 1.29 is 9.47 Å². The van der Waals surface area contributed by atoms with Gasteiger partial charge in [-0.1, -0.05) is 54.6 Å². The number of halogens is 1. The molecule has 6 rings (SSSR count). The van der Waals surface area contributed by atoms with Gasteiger partial charge in [-0.25, -0.2) is 4.98 Å². The molecule has 2 aliphatic rings. The molecule has 4 heterocycles. The highest BCUT2D eigenvalue weighted by Gasteiger charge is 2.26. The van der Waals surface area contributed by atoms with E-state index in [1.165, 1.54) is 38.9 Å². The molecule has 6 heteroatoms. The van der Waals surface area contributed by atoms with Crippen molar-refractivity contribution in [2.75, 3.05) is 24.7 Å². The van der Waals surface area contributed by atoms with Crippen molar-refractivity contribution in [1.29, 1.82) is 0 Å². The summed E-state index contributed by atoms with van der Waals surface area (Å²) in [5, 5.41) is 1.26. The van der Waals surface area contributed by atoms with Crippen LogP contribution in [0, 0.1) is 6.92 Å². The number of hydrogen-bond acceptors (Lipinski definition) is 4. The van der Waals surface area contributed by atoms with Crippen LogP contribution in [0.15, 0.2) is 66.9 Å². The Hall–Kier alpha value is -2.86. The number of nitrogens with zero attached hydrogens (tertiary/aromatic N) is 3. The number of pyridine rings is 1. The van der Waals surface area contributed by atoms with Gasteiger partial charge in [-0.3, -0.25) is 0 Å². The first-order chi connectivity index (χ1) is 16.3. The average molecular weight is 476 g/mol. The summed E-state index contributed by atoms with van der Waals surface area (Å²) in [4.78, 5) is 7.39. The lowest BCUT2D eigenvalue weighted by Gasteiger charge is -2.30. The Bertz CT molecular complexity index is 1280. The Morgan fingerprint density at radius 3 is 2.47 bits per heavy atom. The van der Waals surface area contributed by atoms with E-state index < -0.39 is 0 Å². The number of benzene rings is 2. The van der Waals surface area contributed by atoms with Gasteiger partial charge < -0.3 is 18.9 Å². The van der Waals surface area contributed by atoms with Crippen LogP contribution in [0.1, 0.15) is 27.9 Å². The zero-order valence-corrected chi connectivity index (χ0v) is 20.3.